The molecule has 0 aliphatic heterocycles. The maximum Gasteiger partial charge on any atom is 0.160 e. The zero-order chi connectivity index (χ0) is 21.5. The number of fused-ring (bicyclic) bond motifs is 2. The van der Waals surface area contributed by atoms with Gasteiger partial charge in [0.2, 0.25) is 0 Å². The third kappa shape index (κ3) is 3.42. The monoisotopic (exact) mass is 407 g/mol. The number of hydrogen-bond acceptors (Lipinski definition) is 4. The van der Waals surface area contributed by atoms with Crippen LogP contribution in [0.1, 0.15) is 29.6 Å². The lowest BCUT2D eigenvalue weighted by Gasteiger charge is -2.10. The summed E-state index contributed by atoms with van der Waals surface area (Å²) in [4.78, 5) is 14.5. The van der Waals surface area contributed by atoms with Gasteiger partial charge < -0.3 is 10.3 Å². The molecule has 5 aromatic rings. The van der Waals surface area contributed by atoms with Crippen molar-refractivity contribution in [2.75, 3.05) is 5.73 Å². The molecular weight excluding hydrogens is 382 g/mol. The Labute approximate surface area is 181 Å². The second kappa shape index (κ2) is 7.51. The minimum Gasteiger partial charge on any atom is -0.398 e. The van der Waals surface area contributed by atoms with E-state index in [1.807, 2.05) is 37.3 Å². The van der Waals surface area contributed by atoms with Crippen molar-refractivity contribution in [1.82, 2.24) is 19.5 Å². The summed E-state index contributed by atoms with van der Waals surface area (Å²) in [6.45, 7) is 7.01. The van der Waals surface area contributed by atoms with Crippen molar-refractivity contribution in [1.29, 1.82) is 0 Å². The molecule has 5 rings (SSSR count). The summed E-state index contributed by atoms with van der Waals surface area (Å²) < 4.78 is 2.24. The number of para-hydroxylation sites is 1. The van der Waals surface area contributed by atoms with E-state index >= 15 is 0 Å². The molecule has 0 spiro atoms. The molecule has 2 aromatic carbocycles. The molecule has 0 saturated heterocycles. The van der Waals surface area contributed by atoms with Crippen LogP contribution in [0, 0.1) is 13.8 Å². The molecule has 0 atom stereocenters. The number of hydrogen-bond donors (Lipinski definition) is 1. The van der Waals surface area contributed by atoms with Gasteiger partial charge in [0.05, 0.1) is 17.8 Å². The van der Waals surface area contributed by atoms with Gasteiger partial charge in [-0.3, -0.25) is 0 Å². The van der Waals surface area contributed by atoms with Gasteiger partial charge in [-0.1, -0.05) is 37.3 Å². The average Bonchev–Trinajstić information content (AvgIpc) is 3.11. The van der Waals surface area contributed by atoms with Gasteiger partial charge in [-0.2, -0.15) is 0 Å². The van der Waals surface area contributed by atoms with Crippen molar-refractivity contribution in [3.05, 3.63) is 83.3 Å². The van der Waals surface area contributed by atoms with Gasteiger partial charge in [0.25, 0.3) is 0 Å². The normalized spacial score (nSPS) is 11.5. The van der Waals surface area contributed by atoms with Gasteiger partial charge in [-0.15, -0.1) is 0 Å². The zero-order valence-corrected chi connectivity index (χ0v) is 18.1. The number of nitrogen functional groups attached to an aromatic ring is 1. The molecule has 0 aliphatic rings. The summed E-state index contributed by atoms with van der Waals surface area (Å²) in [7, 11) is 0. The Hall–Kier alpha value is -3.73. The Morgan fingerprint density at radius 1 is 0.903 bits per heavy atom. The van der Waals surface area contributed by atoms with E-state index in [0.29, 0.717) is 0 Å². The fraction of sp³-hybridized carbons (Fsp3) is 0.192. The molecule has 3 heterocycles. The van der Waals surface area contributed by atoms with Gasteiger partial charge in [0, 0.05) is 28.8 Å². The molecule has 0 aliphatic carbocycles. The minimum absolute atomic E-state index is 0.735. The minimum atomic E-state index is 0.735. The van der Waals surface area contributed by atoms with Crippen LogP contribution >= 0.6 is 0 Å². The summed E-state index contributed by atoms with van der Waals surface area (Å²) in [5, 5.41) is 1.11. The molecule has 154 valence electrons. The van der Waals surface area contributed by atoms with Crippen LogP contribution < -0.4 is 5.73 Å². The maximum atomic E-state index is 6.14. The average molecular weight is 408 g/mol. The van der Waals surface area contributed by atoms with Crippen molar-refractivity contribution in [3.63, 3.8) is 0 Å². The van der Waals surface area contributed by atoms with E-state index < -0.39 is 0 Å². The molecule has 0 radical (unpaired) electrons. The largest absolute Gasteiger partial charge is 0.398 e. The number of benzene rings is 2. The number of rotatable bonds is 4. The lowest BCUT2D eigenvalue weighted by Crippen LogP contribution is -2.05. The van der Waals surface area contributed by atoms with Gasteiger partial charge in [-0.05, 0) is 55.3 Å². The van der Waals surface area contributed by atoms with Crippen molar-refractivity contribution in [2.24, 2.45) is 0 Å². The number of imidazole rings is 1. The van der Waals surface area contributed by atoms with Gasteiger partial charge in [0.1, 0.15) is 11.3 Å². The molecule has 5 heteroatoms. The maximum absolute atomic E-state index is 6.14. The van der Waals surface area contributed by atoms with E-state index in [9.17, 15) is 0 Å². The Balaban J connectivity index is 1.55. The highest BCUT2D eigenvalue weighted by atomic mass is 15.1. The molecule has 0 bridgehead atoms. The van der Waals surface area contributed by atoms with Crippen LogP contribution in [0.15, 0.2) is 60.7 Å². The highest BCUT2D eigenvalue weighted by Crippen LogP contribution is 2.27. The van der Waals surface area contributed by atoms with E-state index in [2.05, 4.69) is 48.7 Å². The summed E-state index contributed by atoms with van der Waals surface area (Å²) in [6, 6.07) is 20.5. The first kappa shape index (κ1) is 19.2. The van der Waals surface area contributed by atoms with Crippen LogP contribution in [0.5, 0.6) is 0 Å². The molecule has 0 amide bonds. The third-order valence-electron chi connectivity index (χ3n) is 5.75. The van der Waals surface area contributed by atoms with Crippen LogP contribution in [0.3, 0.4) is 0 Å². The fourth-order valence-electron chi connectivity index (χ4n) is 4.22. The second-order valence-electron chi connectivity index (χ2n) is 8.03. The van der Waals surface area contributed by atoms with E-state index in [1.165, 1.54) is 11.1 Å². The summed E-state index contributed by atoms with van der Waals surface area (Å²) in [5.74, 6) is 1.06. The van der Waals surface area contributed by atoms with E-state index in [-0.39, 0.29) is 0 Å². The number of nitrogens with zero attached hydrogens (tertiary/aromatic N) is 4. The first-order valence-corrected chi connectivity index (χ1v) is 10.6. The Kier molecular flexibility index (Phi) is 4.66. The summed E-state index contributed by atoms with van der Waals surface area (Å²) in [5.41, 5.74) is 15.0. The quantitative estimate of drug-likeness (QED) is 0.402. The van der Waals surface area contributed by atoms with Gasteiger partial charge in [0.15, 0.2) is 5.65 Å². The third-order valence-corrected chi connectivity index (χ3v) is 5.75. The Bertz CT molecular complexity index is 1430. The SMILES string of the molecule is CCc1nc2c(C)cc(C)nc2n1Cc1ccc2nc(-c3ccccc3N)ccc2c1. The molecular formula is C26H25N5. The van der Waals surface area contributed by atoms with Crippen LogP contribution in [-0.4, -0.2) is 19.5 Å². The summed E-state index contributed by atoms with van der Waals surface area (Å²) in [6.07, 6.45) is 0.867. The summed E-state index contributed by atoms with van der Waals surface area (Å²) >= 11 is 0. The van der Waals surface area contributed by atoms with E-state index in [4.69, 9.17) is 20.7 Å². The van der Waals surface area contributed by atoms with Crippen molar-refractivity contribution >= 4 is 27.8 Å². The molecule has 3 aromatic heterocycles. The lowest BCUT2D eigenvalue weighted by molar-refractivity contribution is 0.746. The van der Waals surface area contributed by atoms with Crippen molar-refractivity contribution < 1.29 is 0 Å². The highest BCUT2D eigenvalue weighted by molar-refractivity contribution is 5.84. The van der Waals surface area contributed by atoms with Crippen LogP contribution in [0.25, 0.3) is 33.3 Å². The molecule has 2 N–H and O–H groups in total. The zero-order valence-electron chi connectivity index (χ0n) is 18.1. The van der Waals surface area contributed by atoms with Crippen LogP contribution in [0.4, 0.5) is 5.69 Å². The van der Waals surface area contributed by atoms with Gasteiger partial charge in [-0.25, -0.2) is 15.0 Å². The van der Waals surface area contributed by atoms with Gasteiger partial charge >= 0.3 is 0 Å². The standard InChI is InChI=1S/C26H25N5/c1-4-24-30-25-16(2)13-17(3)28-26(25)31(24)15-18-9-11-22-19(14-18)10-12-23(29-22)20-7-5-6-8-21(20)27/h5-14H,4,15,27H2,1-3H3. The Morgan fingerprint density at radius 2 is 1.74 bits per heavy atom. The number of anilines is 1. The molecule has 31 heavy (non-hydrogen) atoms. The van der Waals surface area contributed by atoms with Crippen molar-refractivity contribution in [2.45, 2.75) is 33.7 Å². The Morgan fingerprint density at radius 3 is 2.55 bits per heavy atom. The molecule has 0 unspecified atom stereocenters. The van der Waals surface area contributed by atoms with E-state index in [1.54, 1.807) is 0 Å². The first-order valence-electron chi connectivity index (χ1n) is 10.6. The molecule has 0 fully saturated rings. The number of pyridine rings is 2. The smallest absolute Gasteiger partial charge is 0.160 e. The second-order valence-corrected chi connectivity index (χ2v) is 8.03. The number of nitrogens with two attached hydrogens (primary N) is 1. The molecule has 5 nitrogen and oxygen atoms in total. The number of aryl methyl sites for hydroxylation is 3. The first-order chi connectivity index (χ1) is 15.0. The lowest BCUT2D eigenvalue weighted by atomic mass is 10.1. The van der Waals surface area contributed by atoms with Crippen LogP contribution in [0.2, 0.25) is 0 Å². The van der Waals surface area contributed by atoms with Crippen molar-refractivity contribution in [3.8, 4) is 11.3 Å². The molecule has 0 saturated carbocycles. The van der Waals surface area contributed by atoms with Crippen LogP contribution in [-0.2, 0) is 13.0 Å². The predicted molar refractivity (Wildman–Crippen MR) is 127 cm³/mol. The predicted octanol–water partition coefficient (Wildman–Crippen LogP) is 5.46. The number of aromatic nitrogens is 4. The fourth-order valence-corrected chi connectivity index (χ4v) is 4.22. The van der Waals surface area contributed by atoms with E-state index in [0.717, 1.165) is 63.5 Å². The highest BCUT2D eigenvalue weighted by Gasteiger charge is 2.14. The topological polar surface area (TPSA) is 69.6 Å².